The Morgan fingerprint density at radius 3 is 2.42 bits per heavy atom. The summed E-state index contributed by atoms with van der Waals surface area (Å²) in [5, 5.41) is 0.795. The highest BCUT2D eigenvalue weighted by molar-refractivity contribution is 9.10. The minimum absolute atomic E-state index is 0.0458. The fourth-order valence-corrected chi connectivity index (χ4v) is 4.19. The number of fused-ring (bicyclic) bond motifs is 1. The van der Waals surface area contributed by atoms with E-state index in [1.807, 2.05) is 19.9 Å². The zero-order chi connectivity index (χ0) is 19.1. The molecule has 1 aliphatic heterocycles. The van der Waals surface area contributed by atoms with Crippen LogP contribution in [-0.2, 0) is 10.0 Å². The van der Waals surface area contributed by atoms with Crippen molar-refractivity contribution < 1.29 is 22.4 Å². The minimum atomic E-state index is -3.23. The molecule has 0 saturated carbocycles. The number of ether oxygens (including phenoxy) is 1. The van der Waals surface area contributed by atoms with Crippen molar-refractivity contribution >= 4 is 42.8 Å². The Kier molecular flexibility index (Phi) is 5.32. The molecule has 9 heteroatoms. The maximum Gasteiger partial charge on any atom is 0.254 e. The van der Waals surface area contributed by atoms with Gasteiger partial charge >= 0.3 is 0 Å². The fraction of sp³-hybridized carbons (Fsp3) is 0.471. The normalized spacial score (nSPS) is 16.4. The lowest BCUT2D eigenvalue weighted by Crippen LogP contribution is -2.50. The van der Waals surface area contributed by atoms with Crippen LogP contribution in [0.15, 0.2) is 27.3 Å². The number of sulfonamides is 1. The number of nitrogens with zero attached hydrogens (tertiary/aromatic N) is 2. The van der Waals surface area contributed by atoms with E-state index in [-0.39, 0.29) is 12.0 Å². The summed E-state index contributed by atoms with van der Waals surface area (Å²) in [6.45, 7) is 5.14. The van der Waals surface area contributed by atoms with Crippen LogP contribution in [0.3, 0.4) is 0 Å². The average Bonchev–Trinajstić information content (AvgIpc) is 2.93. The second-order valence-electron chi connectivity index (χ2n) is 6.56. The summed E-state index contributed by atoms with van der Waals surface area (Å²) in [7, 11) is -3.23. The van der Waals surface area contributed by atoms with Gasteiger partial charge in [0.15, 0.2) is 4.67 Å². The second kappa shape index (κ2) is 7.21. The standard InChI is InChI=1S/C17H21BrN2O5S/c1-11(2)24-14-8-12(9-15-13(14)10-16(18)25-15)17(21)19-4-6-20(7-5-19)26(3,22)23/h8-11H,4-7H2,1-3H3. The van der Waals surface area contributed by atoms with E-state index in [0.717, 1.165) is 5.39 Å². The molecule has 1 aromatic heterocycles. The molecule has 1 aromatic carbocycles. The number of carbonyl (C=O) groups is 1. The van der Waals surface area contributed by atoms with Crippen molar-refractivity contribution in [1.82, 2.24) is 9.21 Å². The highest BCUT2D eigenvalue weighted by Crippen LogP contribution is 2.33. The lowest BCUT2D eigenvalue weighted by atomic mass is 10.1. The van der Waals surface area contributed by atoms with E-state index in [2.05, 4.69) is 15.9 Å². The van der Waals surface area contributed by atoms with Crippen LogP contribution in [0.2, 0.25) is 0 Å². The van der Waals surface area contributed by atoms with Crippen molar-refractivity contribution in [2.45, 2.75) is 20.0 Å². The number of halogens is 1. The molecule has 3 rings (SSSR count). The monoisotopic (exact) mass is 444 g/mol. The molecule has 0 N–H and O–H groups in total. The Hall–Kier alpha value is -1.58. The molecule has 2 aromatic rings. The topological polar surface area (TPSA) is 80.1 Å². The van der Waals surface area contributed by atoms with E-state index in [9.17, 15) is 13.2 Å². The Morgan fingerprint density at radius 1 is 1.19 bits per heavy atom. The quantitative estimate of drug-likeness (QED) is 0.723. The SMILES string of the molecule is CC(C)Oc1cc(C(=O)N2CCN(S(C)(=O)=O)CC2)cc2oc(Br)cc12. The highest BCUT2D eigenvalue weighted by atomic mass is 79.9. The van der Waals surface area contributed by atoms with Crippen LogP contribution < -0.4 is 4.74 Å². The van der Waals surface area contributed by atoms with Gasteiger partial charge in [-0.1, -0.05) is 0 Å². The lowest BCUT2D eigenvalue weighted by Gasteiger charge is -2.33. The molecular formula is C17H21BrN2O5S. The molecule has 0 aliphatic carbocycles. The van der Waals surface area contributed by atoms with E-state index >= 15 is 0 Å². The van der Waals surface area contributed by atoms with Crippen molar-refractivity contribution in [2.75, 3.05) is 32.4 Å². The van der Waals surface area contributed by atoms with Crippen molar-refractivity contribution in [3.05, 3.63) is 28.4 Å². The first-order chi connectivity index (χ1) is 12.1. The van der Waals surface area contributed by atoms with Crippen LogP contribution in [0.4, 0.5) is 0 Å². The van der Waals surface area contributed by atoms with E-state index in [1.165, 1.54) is 10.6 Å². The molecule has 0 unspecified atom stereocenters. The molecular weight excluding hydrogens is 424 g/mol. The Morgan fingerprint density at radius 2 is 1.85 bits per heavy atom. The van der Waals surface area contributed by atoms with Gasteiger partial charge in [0.05, 0.1) is 17.7 Å². The Labute approximate surface area is 161 Å². The molecule has 2 heterocycles. The predicted molar refractivity (Wildman–Crippen MR) is 102 cm³/mol. The molecule has 1 saturated heterocycles. The summed E-state index contributed by atoms with van der Waals surface area (Å²) in [6.07, 6.45) is 1.14. The maximum absolute atomic E-state index is 12.9. The summed E-state index contributed by atoms with van der Waals surface area (Å²) in [4.78, 5) is 14.5. The number of hydrogen-bond donors (Lipinski definition) is 0. The van der Waals surface area contributed by atoms with Gasteiger partial charge in [0.2, 0.25) is 10.0 Å². The van der Waals surface area contributed by atoms with E-state index in [1.54, 1.807) is 17.0 Å². The number of piperazine rings is 1. The number of hydrogen-bond acceptors (Lipinski definition) is 5. The zero-order valence-electron chi connectivity index (χ0n) is 14.9. The second-order valence-corrected chi connectivity index (χ2v) is 9.32. The summed E-state index contributed by atoms with van der Waals surface area (Å²) in [5.74, 6) is 0.422. The first-order valence-corrected chi connectivity index (χ1v) is 10.9. The molecule has 0 radical (unpaired) electrons. The van der Waals surface area contributed by atoms with Gasteiger partial charge in [-0.2, -0.15) is 4.31 Å². The predicted octanol–water partition coefficient (Wildman–Crippen LogP) is 2.70. The smallest absolute Gasteiger partial charge is 0.254 e. The molecule has 0 bridgehead atoms. The van der Waals surface area contributed by atoms with Crippen molar-refractivity contribution in [2.24, 2.45) is 0 Å². The zero-order valence-corrected chi connectivity index (χ0v) is 17.3. The number of rotatable bonds is 4. The van der Waals surface area contributed by atoms with Crippen LogP contribution in [0.25, 0.3) is 11.0 Å². The number of amides is 1. The molecule has 26 heavy (non-hydrogen) atoms. The summed E-state index contributed by atoms with van der Waals surface area (Å²) in [5.41, 5.74) is 1.02. The van der Waals surface area contributed by atoms with E-state index in [4.69, 9.17) is 9.15 Å². The van der Waals surface area contributed by atoms with Crippen LogP contribution in [-0.4, -0.2) is 62.1 Å². The van der Waals surface area contributed by atoms with Crippen LogP contribution in [0.1, 0.15) is 24.2 Å². The first kappa shape index (κ1) is 19.2. The molecule has 1 aliphatic rings. The summed E-state index contributed by atoms with van der Waals surface area (Å²) < 4.78 is 36.6. The van der Waals surface area contributed by atoms with Gasteiger partial charge in [0, 0.05) is 37.8 Å². The molecule has 7 nitrogen and oxygen atoms in total. The van der Waals surface area contributed by atoms with Gasteiger partial charge in [-0.3, -0.25) is 4.79 Å². The Balaban J connectivity index is 1.87. The summed E-state index contributed by atoms with van der Waals surface area (Å²) in [6, 6.07) is 5.22. The van der Waals surface area contributed by atoms with E-state index in [0.29, 0.717) is 47.7 Å². The lowest BCUT2D eigenvalue weighted by molar-refractivity contribution is 0.0697. The molecule has 1 fully saturated rings. The molecule has 142 valence electrons. The van der Waals surface area contributed by atoms with Gasteiger partial charge in [0.25, 0.3) is 5.91 Å². The third kappa shape index (κ3) is 4.05. The largest absolute Gasteiger partial charge is 0.490 e. The van der Waals surface area contributed by atoms with Gasteiger partial charge < -0.3 is 14.1 Å². The van der Waals surface area contributed by atoms with Gasteiger partial charge in [-0.25, -0.2) is 8.42 Å². The van der Waals surface area contributed by atoms with Gasteiger partial charge in [-0.15, -0.1) is 0 Å². The third-order valence-electron chi connectivity index (χ3n) is 4.17. The maximum atomic E-state index is 12.9. The van der Waals surface area contributed by atoms with Crippen molar-refractivity contribution in [3.63, 3.8) is 0 Å². The fourth-order valence-electron chi connectivity index (χ4n) is 2.96. The van der Waals surface area contributed by atoms with Crippen LogP contribution in [0.5, 0.6) is 5.75 Å². The third-order valence-corrected chi connectivity index (χ3v) is 5.87. The van der Waals surface area contributed by atoms with Gasteiger partial charge in [0.1, 0.15) is 11.3 Å². The van der Waals surface area contributed by atoms with E-state index < -0.39 is 10.0 Å². The first-order valence-electron chi connectivity index (χ1n) is 8.29. The van der Waals surface area contributed by atoms with Crippen molar-refractivity contribution in [3.8, 4) is 5.75 Å². The minimum Gasteiger partial charge on any atom is -0.490 e. The summed E-state index contributed by atoms with van der Waals surface area (Å²) >= 11 is 3.31. The van der Waals surface area contributed by atoms with Gasteiger partial charge in [-0.05, 0) is 41.9 Å². The van der Waals surface area contributed by atoms with Crippen LogP contribution >= 0.6 is 15.9 Å². The number of benzene rings is 1. The van der Waals surface area contributed by atoms with Crippen LogP contribution in [0, 0.1) is 0 Å². The molecule has 0 atom stereocenters. The number of carbonyl (C=O) groups excluding carboxylic acids is 1. The Bertz CT molecular complexity index is 930. The molecule has 0 spiro atoms. The highest BCUT2D eigenvalue weighted by Gasteiger charge is 2.27. The van der Waals surface area contributed by atoms with Crippen molar-refractivity contribution in [1.29, 1.82) is 0 Å². The average molecular weight is 445 g/mol. The molecule has 1 amide bonds. The number of furan rings is 1.